The Kier molecular flexibility index (Phi) is 4.60. The summed E-state index contributed by atoms with van der Waals surface area (Å²) in [6, 6.07) is 4.33. The van der Waals surface area contributed by atoms with E-state index in [4.69, 9.17) is 5.73 Å². The number of nitrogens with two attached hydrogens (primary N) is 1. The maximum Gasteiger partial charge on any atom is 0.241 e. The second kappa shape index (κ2) is 6.22. The summed E-state index contributed by atoms with van der Waals surface area (Å²) in [6.45, 7) is 4.93. The second-order valence-electron chi connectivity index (χ2n) is 5.37. The lowest BCUT2D eigenvalue weighted by Gasteiger charge is -2.27. The minimum absolute atomic E-state index is 0.0938. The Hall–Kier alpha value is -1.62. The normalized spacial score (nSPS) is 16.2. The second-order valence-corrected chi connectivity index (χ2v) is 5.37. The monoisotopic (exact) mass is 279 g/mol. The summed E-state index contributed by atoms with van der Waals surface area (Å²) < 4.78 is 13.0. The first-order chi connectivity index (χ1) is 9.52. The van der Waals surface area contributed by atoms with Gasteiger partial charge in [-0.15, -0.1) is 0 Å². The number of amides is 1. The van der Waals surface area contributed by atoms with Crippen molar-refractivity contribution in [1.29, 1.82) is 0 Å². The maximum absolute atomic E-state index is 13.0. The van der Waals surface area contributed by atoms with Crippen molar-refractivity contribution in [2.75, 3.05) is 17.6 Å². The van der Waals surface area contributed by atoms with Gasteiger partial charge in [-0.1, -0.05) is 6.92 Å². The van der Waals surface area contributed by atoms with E-state index >= 15 is 0 Å². The van der Waals surface area contributed by atoms with Gasteiger partial charge < -0.3 is 11.1 Å². The zero-order valence-electron chi connectivity index (χ0n) is 12.0. The van der Waals surface area contributed by atoms with Gasteiger partial charge in [0, 0.05) is 6.04 Å². The molecule has 1 amide bonds. The largest absolute Gasteiger partial charge is 0.397 e. The Morgan fingerprint density at radius 3 is 2.80 bits per heavy atom. The van der Waals surface area contributed by atoms with E-state index in [0.29, 0.717) is 11.7 Å². The topological polar surface area (TPSA) is 58.4 Å². The van der Waals surface area contributed by atoms with E-state index in [9.17, 15) is 9.18 Å². The highest BCUT2D eigenvalue weighted by Crippen LogP contribution is 2.29. The molecule has 1 aromatic rings. The molecule has 0 spiro atoms. The van der Waals surface area contributed by atoms with Gasteiger partial charge in [-0.2, -0.15) is 0 Å². The Balaban J connectivity index is 2.02. The summed E-state index contributed by atoms with van der Waals surface area (Å²) >= 11 is 0. The molecule has 1 aliphatic rings. The molecule has 3 N–H and O–H groups in total. The molecule has 0 radical (unpaired) electrons. The van der Waals surface area contributed by atoms with Gasteiger partial charge in [0.2, 0.25) is 5.91 Å². The van der Waals surface area contributed by atoms with Crippen molar-refractivity contribution >= 4 is 17.3 Å². The first-order valence-corrected chi connectivity index (χ1v) is 7.14. The van der Waals surface area contributed by atoms with Crippen LogP contribution in [0.15, 0.2) is 18.2 Å². The molecule has 0 aliphatic heterocycles. The third kappa shape index (κ3) is 3.48. The average Bonchev–Trinajstić information content (AvgIpc) is 3.22. The number of carbonyl (C=O) groups is 1. The lowest BCUT2D eigenvalue weighted by molar-refractivity contribution is -0.121. The molecule has 0 aromatic heterocycles. The summed E-state index contributed by atoms with van der Waals surface area (Å²) in [7, 11) is 0. The molecule has 0 bridgehead atoms. The number of rotatable bonds is 6. The number of hydrogen-bond donors (Lipinski definition) is 2. The fourth-order valence-electron chi connectivity index (χ4n) is 2.39. The van der Waals surface area contributed by atoms with Crippen molar-refractivity contribution in [2.45, 2.75) is 45.2 Å². The van der Waals surface area contributed by atoms with Crippen LogP contribution in [0.2, 0.25) is 0 Å². The van der Waals surface area contributed by atoms with Gasteiger partial charge in [0.1, 0.15) is 5.82 Å². The standard InChI is InChI=1S/C15H22FN3O/c1-3-8-19(12-5-6-12)10(2)15(20)18-14-7-4-11(16)9-13(14)17/h4,7,9-10,12H,3,5-6,8,17H2,1-2H3,(H,18,20). The molecular weight excluding hydrogens is 257 g/mol. The van der Waals surface area contributed by atoms with Gasteiger partial charge in [-0.25, -0.2) is 4.39 Å². The van der Waals surface area contributed by atoms with E-state index < -0.39 is 5.82 Å². The summed E-state index contributed by atoms with van der Waals surface area (Å²) in [6.07, 6.45) is 3.35. The predicted octanol–water partition coefficient (Wildman–Crippen LogP) is 2.61. The summed E-state index contributed by atoms with van der Waals surface area (Å²) in [5, 5.41) is 2.79. The van der Waals surface area contributed by atoms with Crippen LogP contribution in [-0.2, 0) is 4.79 Å². The van der Waals surface area contributed by atoms with E-state index in [1.165, 1.54) is 18.2 Å². The van der Waals surface area contributed by atoms with Crippen LogP contribution < -0.4 is 11.1 Å². The van der Waals surface area contributed by atoms with Crippen LogP contribution in [0.4, 0.5) is 15.8 Å². The SMILES string of the molecule is CCCN(C1CC1)C(C)C(=O)Nc1ccc(F)cc1N. The summed E-state index contributed by atoms with van der Waals surface area (Å²) in [5.74, 6) is -0.497. The number of nitrogens with one attached hydrogen (secondary N) is 1. The van der Waals surface area contributed by atoms with Crippen LogP contribution in [0.5, 0.6) is 0 Å². The summed E-state index contributed by atoms with van der Waals surface area (Å²) in [5.41, 5.74) is 6.43. The lowest BCUT2D eigenvalue weighted by Crippen LogP contribution is -2.43. The Morgan fingerprint density at radius 2 is 2.25 bits per heavy atom. The molecule has 1 unspecified atom stereocenters. The van der Waals surface area contributed by atoms with Crippen LogP contribution >= 0.6 is 0 Å². The molecule has 0 saturated heterocycles. The zero-order valence-corrected chi connectivity index (χ0v) is 12.0. The molecule has 1 aliphatic carbocycles. The van der Waals surface area contributed by atoms with Crippen LogP contribution in [0.25, 0.3) is 0 Å². The highest BCUT2D eigenvalue weighted by molar-refractivity contribution is 5.97. The van der Waals surface area contributed by atoms with Crippen molar-refractivity contribution in [3.63, 3.8) is 0 Å². The molecule has 1 atom stereocenters. The lowest BCUT2D eigenvalue weighted by atomic mass is 10.2. The highest BCUT2D eigenvalue weighted by Gasteiger charge is 2.34. The van der Waals surface area contributed by atoms with Crippen molar-refractivity contribution < 1.29 is 9.18 Å². The van der Waals surface area contributed by atoms with Crippen LogP contribution in [0, 0.1) is 5.82 Å². The molecule has 4 nitrogen and oxygen atoms in total. The molecule has 1 aromatic carbocycles. The molecular formula is C15H22FN3O. The quantitative estimate of drug-likeness (QED) is 0.787. The number of hydrogen-bond acceptors (Lipinski definition) is 3. The van der Waals surface area contributed by atoms with E-state index in [2.05, 4.69) is 17.1 Å². The number of benzene rings is 1. The highest BCUT2D eigenvalue weighted by atomic mass is 19.1. The average molecular weight is 279 g/mol. The van der Waals surface area contributed by atoms with Gasteiger partial charge in [0.05, 0.1) is 17.4 Å². The molecule has 1 saturated carbocycles. The zero-order chi connectivity index (χ0) is 14.7. The van der Waals surface area contributed by atoms with Crippen molar-refractivity contribution in [3.05, 3.63) is 24.0 Å². The van der Waals surface area contributed by atoms with Crippen molar-refractivity contribution in [2.24, 2.45) is 0 Å². The van der Waals surface area contributed by atoms with E-state index in [1.807, 2.05) is 6.92 Å². The van der Waals surface area contributed by atoms with Gasteiger partial charge >= 0.3 is 0 Å². The molecule has 0 heterocycles. The van der Waals surface area contributed by atoms with Gasteiger partial charge in [-0.3, -0.25) is 9.69 Å². The molecule has 20 heavy (non-hydrogen) atoms. The number of nitrogen functional groups attached to an aromatic ring is 1. The number of anilines is 2. The Morgan fingerprint density at radius 1 is 1.55 bits per heavy atom. The molecule has 1 fully saturated rings. The summed E-state index contributed by atoms with van der Waals surface area (Å²) in [4.78, 5) is 14.5. The third-order valence-electron chi connectivity index (χ3n) is 3.65. The molecule has 2 rings (SSSR count). The Labute approximate surface area is 119 Å². The van der Waals surface area contributed by atoms with E-state index in [1.54, 1.807) is 0 Å². The van der Waals surface area contributed by atoms with Crippen LogP contribution in [-0.4, -0.2) is 29.4 Å². The maximum atomic E-state index is 13.0. The van der Waals surface area contributed by atoms with Crippen LogP contribution in [0.3, 0.4) is 0 Å². The fourth-order valence-corrected chi connectivity index (χ4v) is 2.39. The number of nitrogens with zero attached hydrogens (tertiary/aromatic N) is 1. The van der Waals surface area contributed by atoms with Crippen molar-refractivity contribution in [3.8, 4) is 0 Å². The van der Waals surface area contributed by atoms with E-state index in [-0.39, 0.29) is 17.6 Å². The first kappa shape index (κ1) is 14.8. The van der Waals surface area contributed by atoms with Gasteiger partial charge in [-0.05, 0) is 50.9 Å². The number of halogens is 1. The minimum atomic E-state index is -0.404. The first-order valence-electron chi connectivity index (χ1n) is 7.14. The molecule has 110 valence electrons. The number of carbonyl (C=O) groups excluding carboxylic acids is 1. The fraction of sp³-hybridized carbons (Fsp3) is 0.533. The molecule has 5 heteroatoms. The third-order valence-corrected chi connectivity index (χ3v) is 3.65. The van der Waals surface area contributed by atoms with E-state index in [0.717, 1.165) is 25.8 Å². The predicted molar refractivity (Wildman–Crippen MR) is 78.9 cm³/mol. The minimum Gasteiger partial charge on any atom is -0.397 e. The van der Waals surface area contributed by atoms with Crippen molar-refractivity contribution in [1.82, 2.24) is 4.90 Å². The van der Waals surface area contributed by atoms with Gasteiger partial charge in [0.15, 0.2) is 0 Å². The Bertz CT molecular complexity index is 488. The van der Waals surface area contributed by atoms with Gasteiger partial charge in [0.25, 0.3) is 0 Å². The van der Waals surface area contributed by atoms with Crippen LogP contribution in [0.1, 0.15) is 33.1 Å². The smallest absolute Gasteiger partial charge is 0.241 e.